The van der Waals surface area contributed by atoms with Crippen molar-refractivity contribution in [1.29, 1.82) is 0 Å². The third-order valence-electron chi connectivity index (χ3n) is 5.35. The highest BCUT2D eigenvalue weighted by atomic mass is 16.5. The highest BCUT2D eigenvalue weighted by Crippen LogP contribution is 2.37. The van der Waals surface area contributed by atoms with Gasteiger partial charge < -0.3 is 15.0 Å². The van der Waals surface area contributed by atoms with Crippen molar-refractivity contribution >= 4 is 28.4 Å². The lowest BCUT2D eigenvalue weighted by Crippen LogP contribution is -2.49. The van der Waals surface area contributed by atoms with E-state index in [0.29, 0.717) is 18.0 Å². The molecule has 9 nitrogen and oxygen atoms in total. The van der Waals surface area contributed by atoms with Gasteiger partial charge in [0.05, 0.1) is 23.9 Å². The molecule has 3 heterocycles. The van der Waals surface area contributed by atoms with Gasteiger partial charge in [-0.1, -0.05) is 43.0 Å². The van der Waals surface area contributed by atoms with Crippen molar-refractivity contribution in [3.8, 4) is 5.75 Å². The summed E-state index contributed by atoms with van der Waals surface area (Å²) in [6, 6.07) is 16.2. The van der Waals surface area contributed by atoms with Gasteiger partial charge in [0, 0.05) is 18.6 Å². The summed E-state index contributed by atoms with van der Waals surface area (Å²) in [5, 5.41) is 11.5. The molecule has 0 bridgehead atoms. The summed E-state index contributed by atoms with van der Waals surface area (Å²) in [5.41, 5.74) is 2.56. The van der Waals surface area contributed by atoms with Crippen molar-refractivity contribution in [1.82, 2.24) is 25.3 Å². The Kier molecular flexibility index (Phi) is 6.03. The number of anilines is 1. The van der Waals surface area contributed by atoms with Crippen LogP contribution in [0.4, 0.5) is 5.69 Å². The molecule has 0 saturated carbocycles. The van der Waals surface area contributed by atoms with Crippen molar-refractivity contribution < 1.29 is 14.3 Å². The summed E-state index contributed by atoms with van der Waals surface area (Å²) < 4.78 is 7.46. The highest BCUT2D eigenvalue weighted by Gasteiger charge is 2.32. The molecule has 2 aromatic heterocycles. The summed E-state index contributed by atoms with van der Waals surface area (Å²) >= 11 is 0. The molecule has 0 saturated heterocycles. The lowest BCUT2D eigenvalue weighted by molar-refractivity contribution is -0.120. The topological polar surface area (TPSA) is 102 Å². The molecule has 33 heavy (non-hydrogen) atoms. The van der Waals surface area contributed by atoms with Crippen molar-refractivity contribution in [3.63, 3.8) is 0 Å². The van der Waals surface area contributed by atoms with Crippen LogP contribution < -0.4 is 15.0 Å². The zero-order valence-electron chi connectivity index (χ0n) is 17.3. The number of nitrogens with zero attached hydrogens (tertiary/aromatic N) is 5. The third kappa shape index (κ3) is 4.25. The second kappa shape index (κ2) is 9.07. The van der Waals surface area contributed by atoms with Gasteiger partial charge in [0.2, 0.25) is 0 Å². The van der Waals surface area contributed by atoms with Crippen molar-refractivity contribution in [3.05, 3.63) is 78.2 Å². The maximum atomic E-state index is 13.1. The number of pyridine rings is 1. The van der Waals surface area contributed by atoms with Crippen LogP contribution in [0.15, 0.2) is 67.0 Å². The number of hydrogen-bond acceptors (Lipinski definition) is 6. The largest absolute Gasteiger partial charge is 0.489 e. The van der Waals surface area contributed by atoms with Crippen LogP contribution in [-0.2, 0) is 11.3 Å². The molecule has 1 N–H and O–H groups in total. The Morgan fingerprint density at radius 2 is 1.97 bits per heavy atom. The van der Waals surface area contributed by atoms with E-state index in [-0.39, 0.29) is 25.6 Å². The van der Waals surface area contributed by atoms with Crippen LogP contribution >= 0.6 is 0 Å². The van der Waals surface area contributed by atoms with Gasteiger partial charge in [-0.15, -0.1) is 5.10 Å². The first-order valence-electron chi connectivity index (χ1n) is 10.1. The smallest absolute Gasteiger partial charge is 0.274 e. The monoisotopic (exact) mass is 444 g/mol. The van der Waals surface area contributed by atoms with Crippen LogP contribution in [0.3, 0.4) is 0 Å². The Morgan fingerprint density at radius 3 is 2.79 bits per heavy atom. The number of carbonyl (C=O) groups is 2. The number of nitrogens with one attached hydrogen (secondary N) is 1. The minimum absolute atomic E-state index is 0. The Labute approximate surface area is 191 Å². The van der Waals surface area contributed by atoms with Gasteiger partial charge in [-0.2, -0.15) is 0 Å². The fourth-order valence-corrected chi connectivity index (χ4v) is 3.75. The Hall–Kier alpha value is -4.27. The lowest BCUT2D eigenvalue weighted by Gasteiger charge is -2.21. The Balaban J connectivity index is 0.00000259. The number of hydrogen-bond donors (Lipinski definition) is 1. The van der Waals surface area contributed by atoms with Gasteiger partial charge in [0.15, 0.2) is 5.69 Å². The maximum Gasteiger partial charge on any atom is 0.274 e. The first-order valence-corrected chi connectivity index (χ1v) is 10.1. The fraction of sp³-hybridized carbons (Fsp3) is 0.208. The molecule has 5 rings (SSSR count). The van der Waals surface area contributed by atoms with E-state index in [1.165, 1.54) is 4.90 Å². The average molecular weight is 444 g/mol. The van der Waals surface area contributed by atoms with Crippen LogP contribution in [0.5, 0.6) is 5.75 Å². The molecule has 1 aliphatic rings. The van der Waals surface area contributed by atoms with Gasteiger partial charge in [-0.05, 0) is 29.8 Å². The molecular formula is C24H24N6O3. The zero-order valence-corrected chi connectivity index (χ0v) is 17.3. The molecule has 9 heteroatoms. The van der Waals surface area contributed by atoms with Crippen molar-refractivity contribution in [2.24, 2.45) is 0 Å². The number of benzene rings is 2. The molecule has 0 unspecified atom stereocenters. The summed E-state index contributed by atoms with van der Waals surface area (Å²) in [6.45, 7) is 0.498. The minimum Gasteiger partial charge on any atom is -0.489 e. The van der Waals surface area contributed by atoms with E-state index in [9.17, 15) is 9.59 Å². The first kappa shape index (κ1) is 21.9. The standard InChI is InChI=1S/C23H20N6O3.CH4/c1-28-21-16-8-5-11-24-17(16)9-10-20(21)32-14-19(23(28)31)25-22(30)18-13-29(27-26-18)12-15-6-3-2-4-7-15;/h2-11,13,19H,12,14H2,1H3,(H,25,30);1H4/t19-;/m0./s1. The van der Waals surface area contributed by atoms with E-state index >= 15 is 0 Å². The molecule has 0 radical (unpaired) electrons. The summed E-state index contributed by atoms with van der Waals surface area (Å²) in [5.74, 6) is -0.214. The molecule has 0 spiro atoms. The summed E-state index contributed by atoms with van der Waals surface area (Å²) in [7, 11) is 1.66. The first-order chi connectivity index (χ1) is 15.6. The van der Waals surface area contributed by atoms with Gasteiger partial charge in [0.1, 0.15) is 18.4 Å². The van der Waals surface area contributed by atoms with E-state index in [2.05, 4.69) is 20.6 Å². The quantitative estimate of drug-likeness (QED) is 0.519. The number of ether oxygens (including phenoxy) is 1. The number of rotatable bonds is 4. The summed E-state index contributed by atoms with van der Waals surface area (Å²) in [4.78, 5) is 31.7. The number of amides is 2. The molecule has 1 aliphatic heterocycles. The molecule has 2 aromatic carbocycles. The van der Waals surface area contributed by atoms with Crippen molar-refractivity contribution in [2.45, 2.75) is 20.0 Å². The highest BCUT2D eigenvalue weighted by molar-refractivity contribution is 6.08. The van der Waals surface area contributed by atoms with E-state index in [1.54, 1.807) is 30.2 Å². The normalized spacial score (nSPS) is 15.2. The molecule has 168 valence electrons. The predicted molar refractivity (Wildman–Crippen MR) is 124 cm³/mol. The Morgan fingerprint density at radius 1 is 1.15 bits per heavy atom. The van der Waals surface area contributed by atoms with E-state index < -0.39 is 11.9 Å². The molecule has 1 atom stereocenters. The molecule has 0 fully saturated rings. The van der Waals surface area contributed by atoms with E-state index in [0.717, 1.165) is 16.5 Å². The molecule has 4 aromatic rings. The van der Waals surface area contributed by atoms with E-state index in [1.807, 2.05) is 48.5 Å². The van der Waals surface area contributed by atoms with Gasteiger partial charge in [-0.25, -0.2) is 4.68 Å². The number of aromatic nitrogens is 4. The van der Waals surface area contributed by atoms with Gasteiger partial charge in [0.25, 0.3) is 11.8 Å². The van der Waals surface area contributed by atoms with Gasteiger partial charge >= 0.3 is 0 Å². The van der Waals surface area contributed by atoms with Crippen LogP contribution in [0.2, 0.25) is 0 Å². The van der Waals surface area contributed by atoms with Crippen molar-refractivity contribution in [2.75, 3.05) is 18.6 Å². The third-order valence-corrected chi connectivity index (χ3v) is 5.35. The molecule has 0 aliphatic carbocycles. The summed E-state index contributed by atoms with van der Waals surface area (Å²) in [6.07, 6.45) is 3.25. The van der Waals surface area contributed by atoms with Crippen LogP contribution in [0.1, 0.15) is 23.5 Å². The average Bonchev–Trinajstić information content (AvgIpc) is 3.25. The number of carbonyl (C=O) groups excluding carboxylic acids is 2. The zero-order chi connectivity index (χ0) is 22.1. The lowest BCUT2D eigenvalue weighted by atomic mass is 10.1. The molecular weight excluding hydrogens is 420 g/mol. The van der Waals surface area contributed by atoms with E-state index in [4.69, 9.17) is 4.74 Å². The SMILES string of the molecule is C.CN1C(=O)[C@@H](NC(=O)c2cn(Cc3ccccc3)nn2)COc2ccc3ncccc3c21. The number of likely N-dealkylation sites (N-methyl/N-ethyl adjacent to an activating group) is 1. The Bertz CT molecular complexity index is 1300. The van der Waals surface area contributed by atoms with Gasteiger partial charge in [-0.3, -0.25) is 14.6 Å². The van der Waals surface area contributed by atoms with Crippen LogP contribution in [-0.4, -0.2) is 51.5 Å². The minimum atomic E-state index is -0.870. The molecule has 2 amide bonds. The second-order valence-electron chi connectivity index (χ2n) is 7.50. The maximum absolute atomic E-state index is 13.1. The second-order valence-corrected chi connectivity index (χ2v) is 7.50. The predicted octanol–water partition coefficient (Wildman–Crippen LogP) is 2.66. The van der Waals surface area contributed by atoms with Crippen LogP contribution in [0.25, 0.3) is 10.9 Å². The number of fused-ring (bicyclic) bond motifs is 3. The fourth-order valence-electron chi connectivity index (χ4n) is 3.75. The van der Waals surface area contributed by atoms with Crippen LogP contribution in [0, 0.1) is 0 Å².